The van der Waals surface area contributed by atoms with Gasteiger partial charge in [0.25, 0.3) is 0 Å². The van der Waals surface area contributed by atoms with Crippen molar-refractivity contribution in [1.29, 1.82) is 0 Å². The van der Waals surface area contributed by atoms with Crippen molar-refractivity contribution in [2.45, 2.75) is 6.42 Å². The first kappa shape index (κ1) is 18.3. The van der Waals surface area contributed by atoms with Crippen molar-refractivity contribution in [2.24, 2.45) is 4.99 Å². The average Bonchev–Trinajstić information content (AvgIpc) is 3.07. The van der Waals surface area contributed by atoms with E-state index in [9.17, 15) is 4.79 Å². The van der Waals surface area contributed by atoms with Gasteiger partial charge >= 0.3 is 0 Å². The number of hydrogen-bond acceptors (Lipinski definition) is 4. The molecular formula is C21H26N6O. The highest BCUT2D eigenvalue weighted by Gasteiger charge is 2.26. The third-order valence-corrected chi connectivity index (χ3v) is 5.31. The number of hydrogen-bond donors (Lipinski definition) is 1. The number of para-hydroxylation sites is 1. The lowest BCUT2D eigenvalue weighted by Gasteiger charge is -2.37. The molecule has 0 spiro atoms. The molecule has 2 aliphatic heterocycles. The van der Waals surface area contributed by atoms with E-state index in [0.717, 1.165) is 49.2 Å². The number of aromatic nitrogens is 1. The molecule has 1 N–H and O–H groups in total. The van der Waals surface area contributed by atoms with Gasteiger partial charge in [-0.05, 0) is 23.8 Å². The van der Waals surface area contributed by atoms with Gasteiger partial charge in [0.05, 0.1) is 6.42 Å². The maximum Gasteiger partial charge on any atom is 0.231 e. The van der Waals surface area contributed by atoms with Crippen LogP contribution in [-0.4, -0.2) is 68.1 Å². The smallest absolute Gasteiger partial charge is 0.231 e. The second kappa shape index (κ2) is 8.29. The van der Waals surface area contributed by atoms with E-state index in [0.29, 0.717) is 19.5 Å². The van der Waals surface area contributed by atoms with Gasteiger partial charge in [0, 0.05) is 58.2 Å². The van der Waals surface area contributed by atoms with Crippen LogP contribution in [0.3, 0.4) is 0 Å². The molecule has 0 saturated carbocycles. The number of carbonyl (C=O) groups excluding carboxylic acids is 1. The van der Waals surface area contributed by atoms with E-state index in [4.69, 9.17) is 0 Å². The summed E-state index contributed by atoms with van der Waals surface area (Å²) >= 11 is 0. The lowest BCUT2D eigenvalue weighted by molar-refractivity contribution is -0.117. The van der Waals surface area contributed by atoms with Crippen molar-refractivity contribution in [3.05, 3.63) is 54.2 Å². The maximum atomic E-state index is 12.3. The minimum Gasteiger partial charge on any atom is -0.354 e. The summed E-state index contributed by atoms with van der Waals surface area (Å²) in [5, 5.41) is 3.42. The van der Waals surface area contributed by atoms with Gasteiger partial charge in [-0.1, -0.05) is 24.3 Å². The van der Waals surface area contributed by atoms with E-state index in [1.54, 1.807) is 0 Å². The largest absolute Gasteiger partial charge is 0.354 e. The summed E-state index contributed by atoms with van der Waals surface area (Å²) in [5.41, 5.74) is 2.15. The van der Waals surface area contributed by atoms with Crippen molar-refractivity contribution in [3.63, 3.8) is 0 Å². The van der Waals surface area contributed by atoms with Crippen LogP contribution in [0, 0.1) is 0 Å². The SMILES string of the molecule is CN=C(NCCN1C(=O)Cc2ccccc21)N1CCN(c2ccccn2)CC1. The van der Waals surface area contributed by atoms with Crippen LogP contribution in [0.5, 0.6) is 0 Å². The zero-order valence-corrected chi connectivity index (χ0v) is 16.2. The topological polar surface area (TPSA) is 64.1 Å². The van der Waals surface area contributed by atoms with Crippen molar-refractivity contribution in [2.75, 3.05) is 56.1 Å². The molecule has 7 heteroatoms. The predicted molar refractivity (Wildman–Crippen MR) is 112 cm³/mol. The second-order valence-corrected chi connectivity index (χ2v) is 6.99. The van der Waals surface area contributed by atoms with Crippen LogP contribution in [0.15, 0.2) is 53.7 Å². The molecule has 2 aliphatic rings. The highest BCUT2D eigenvalue weighted by Crippen LogP contribution is 2.27. The van der Waals surface area contributed by atoms with E-state index in [1.807, 2.05) is 60.6 Å². The van der Waals surface area contributed by atoms with Gasteiger partial charge < -0.3 is 20.0 Å². The molecule has 1 fully saturated rings. The molecule has 1 saturated heterocycles. The Hall–Kier alpha value is -3.09. The molecule has 2 aromatic rings. The normalized spacial score (nSPS) is 17.1. The van der Waals surface area contributed by atoms with Gasteiger partial charge in [-0.15, -0.1) is 0 Å². The highest BCUT2D eigenvalue weighted by molar-refractivity contribution is 6.01. The molecule has 1 aromatic carbocycles. The summed E-state index contributed by atoms with van der Waals surface area (Å²) in [6.45, 7) is 4.92. The summed E-state index contributed by atoms with van der Waals surface area (Å²) in [4.78, 5) is 27.6. The lowest BCUT2D eigenvalue weighted by atomic mass is 10.2. The Bertz CT molecular complexity index is 845. The van der Waals surface area contributed by atoms with Crippen molar-refractivity contribution in [1.82, 2.24) is 15.2 Å². The quantitative estimate of drug-likeness (QED) is 0.643. The fraction of sp³-hybridized carbons (Fsp3) is 0.381. The van der Waals surface area contributed by atoms with E-state index >= 15 is 0 Å². The van der Waals surface area contributed by atoms with Crippen molar-refractivity contribution < 1.29 is 4.79 Å². The van der Waals surface area contributed by atoms with Crippen LogP contribution in [0.1, 0.15) is 5.56 Å². The average molecular weight is 378 g/mol. The van der Waals surface area contributed by atoms with E-state index in [-0.39, 0.29) is 5.91 Å². The Morgan fingerprint density at radius 1 is 1.11 bits per heavy atom. The van der Waals surface area contributed by atoms with Crippen LogP contribution < -0.4 is 15.1 Å². The number of piperazine rings is 1. The van der Waals surface area contributed by atoms with Crippen LogP contribution >= 0.6 is 0 Å². The third-order valence-electron chi connectivity index (χ3n) is 5.31. The van der Waals surface area contributed by atoms with Crippen LogP contribution in [0.2, 0.25) is 0 Å². The monoisotopic (exact) mass is 378 g/mol. The number of aliphatic imine (C=N–C) groups is 1. The van der Waals surface area contributed by atoms with Crippen molar-refractivity contribution in [3.8, 4) is 0 Å². The Kier molecular flexibility index (Phi) is 5.41. The molecule has 0 radical (unpaired) electrons. The zero-order chi connectivity index (χ0) is 19.3. The summed E-state index contributed by atoms with van der Waals surface area (Å²) in [6, 6.07) is 14.0. The molecule has 1 amide bonds. The van der Waals surface area contributed by atoms with Gasteiger partial charge in [-0.3, -0.25) is 9.79 Å². The minimum absolute atomic E-state index is 0.168. The zero-order valence-electron chi connectivity index (χ0n) is 16.2. The number of amides is 1. The first-order valence-corrected chi connectivity index (χ1v) is 9.76. The Morgan fingerprint density at radius 3 is 2.64 bits per heavy atom. The molecule has 0 atom stereocenters. The van der Waals surface area contributed by atoms with E-state index in [1.165, 1.54) is 0 Å². The second-order valence-electron chi connectivity index (χ2n) is 6.99. The molecule has 1 aromatic heterocycles. The molecular weight excluding hydrogens is 352 g/mol. The number of benzene rings is 1. The molecule has 4 rings (SSSR count). The first-order valence-electron chi connectivity index (χ1n) is 9.76. The van der Waals surface area contributed by atoms with Gasteiger partial charge in [0.1, 0.15) is 5.82 Å². The fourth-order valence-electron chi connectivity index (χ4n) is 3.86. The van der Waals surface area contributed by atoms with Crippen LogP contribution in [0.25, 0.3) is 0 Å². The molecule has 0 bridgehead atoms. The maximum absolute atomic E-state index is 12.3. The molecule has 28 heavy (non-hydrogen) atoms. The standard InChI is InChI=1S/C21H26N6O/c1-22-21(26-14-12-25(13-15-26)19-8-4-5-9-23-19)24-10-11-27-18-7-3-2-6-17(18)16-20(27)28/h2-9H,10-16H2,1H3,(H,22,24). The highest BCUT2D eigenvalue weighted by atomic mass is 16.2. The van der Waals surface area contributed by atoms with E-state index in [2.05, 4.69) is 25.1 Å². The van der Waals surface area contributed by atoms with Gasteiger partial charge in [0.2, 0.25) is 5.91 Å². The first-order chi connectivity index (χ1) is 13.8. The minimum atomic E-state index is 0.168. The summed E-state index contributed by atoms with van der Waals surface area (Å²) in [5.74, 6) is 2.08. The molecule has 0 aliphatic carbocycles. The van der Waals surface area contributed by atoms with Gasteiger partial charge in [0.15, 0.2) is 5.96 Å². The van der Waals surface area contributed by atoms with Crippen LogP contribution in [-0.2, 0) is 11.2 Å². The Labute approximate surface area is 165 Å². The third kappa shape index (κ3) is 3.78. The number of rotatable bonds is 4. The summed E-state index contributed by atoms with van der Waals surface area (Å²) < 4.78 is 0. The fourth-order valence-corrected chi connectivity index (χ4v) is 3.86. The van der Waals surface area contributed by atoms with Gasteiger partial charge in [-0.25, -0.2) is 4.98 Å². The number of guanidine groups is 1. The number of anilines is 2. The number of fused-ring (bicyclic) bond motifs is 1. The van der Waals surface area contributed by atoms with Crippen LogP contribution in [0.4, 0.5) is 11.5 Å². The number of pyridine rings is 1. The molecule has 0 unspecified atom stereocenters. The number of carbonyl (C=O) groups is 1. The molecule has 7 nitrogen and oxygen atoms in total. The molecule has 3 heterocycles. The van der Waals surface area contributed by atoms with Gasteiger partial charge in [-0.2, -0.15) is 0 Å². The number of nitrogens with one attached hydrogen (secondary N) is 1. The summed E-state index contributed by atoms with van der Waals surface area (Å²) in [6.07, 6.45) is 2.33. The Morgan fingerprint density at radius 2 is 1.89 bits per heavy atom. The Balaban J connectivity index is 1.29. The number of nitrogens with zero attached hydrogens (tertiary/aromatic N) is 5. The van der Waals surface area contributed by atoms with Crippen molar-refractivity contribution >= 4 is 23.4 Å². The summed E-state index contributed by atoms with van der Waals surface area (Å²) in [7, 11) is 1.81. The lowest BCUT2D eigenvalue weighted by Crippen LogP contribution is -2.53. The van der Waals surface area contributed by atoms with E-state index < -0.39 is 0 Å². The molecule has 146 valence electrons. The predicted octanol–water partition coefficient (Wildman–Crippen LogP) is 1.37.